The number of nitrogens with zero attached hydrogens (tertiary/aromatic N) is 1. The van der Waals surface area contributed by atoms with Crippen molar-refractivity contribution in [1.29, 1.82) is 0 Å². The summed E-state index contributed by atoms with van der Waals surface area (Å²) in [6.07, 6.45) is 0.950. The Balaban J connectivity index is 2.57. The number of hydrogen-bond acceptors (Lipinski definition) is 2. The Labute approximate surface area is 78.1 Å². The summed E-state index contributed by atoms with van der Waals surface area (Å²) in [5.74, 6) is 0. The SMILES string of the molecule is Cc1cccc(CCN=C=S)c1. The first-order chi connectivity index (χ1) is 5.83. The second-order valence-electron chi connectivity index (χ2n) is 2.71. The molecule has 1 rings (SSSR count). The molecule has 1 aromatic rings. The Morgan fingerprint density at radius 3 is 3.00 bits per heavy atom. The number of benzene rings is 1. The zero-order valence-corrected chi connectivity index (χ0v) is 7.90. The van der Waals surface area contributed by atoms with Crippen molar-refractivity contribution in [3.05, 3.63) is 35.4 Å². The van der Waals surface area contributed by atoms with Gasteiger partial charge in [-0.05, 0) is 31.1 Å². The molecule has 0 atom stereocenters. The van der Waals surface area contributed by atoms with Gasteiger partial charge in [-0.15, -0.1) is 0 Å². The molecule has 0 aliphatic carbocycles. The maximum absolute atomic E-state index is 4.48. The molecule has 1 aromatic carbocycles. The highest BCUT2D eigenvalue weighted by Crippen LogP contribution is 2.04. The highest BCUT2D eigenvalue weighted by Gasteiger charge is 1.90. The predicted octanol–water partition coefficient (Wildman–Crippen LogP) is 2.64. The summed E-state index contributed by atoms with van der Waals surface area (Å²) in [6.45, 7) is 2.83. The fourth-order valence-electron chi connectivity index (χ4n) is 1.10. The van der Waals surface area contributed by atoms with Crippen LogP contribution in [0.1, 0.15) is 11.1 Å². The average Bonchev–Trinajstić information content (AvgIpc) is 2.05. The molecular formula is C10H11NS. The number of aryl methyl sites for hydroxylation is 1. The van der Waals surface area contributed by atoms with Crippen LogP contribution in [0.2, 0.25) is 0 Å². The fourth-order valence-corrected chi connectivity index (χ4v) is 1.19. The Hall–Kier alpha value is -0.980. The minimum absolute atomic E-state index is 0.743. The molecule has 0 heterocycles. The minimum Gasteiger partial charge on any atom is -0.232 e. The molecule has 2 heteroatoms. The molecule has 0 bridgehead atoms. The third-order valence-electron chi connectivity index (χ3n) is 1.66. The van der Waals surface area contributed by atoms with E-state index in [4.69, 9.17) is 0 Å². The van der Waals surface area contributed by atoms with Crippen molar-refractivity contribution >= 4 is 17.4 Å². The molecule has 62 valence electrons. The largest absolute Gasteiger partial charge is 0.232 e. The van der Waals surface area contributed by atoms with Gasteiger partial charge in [0, 0.05) is 0 Å². The van der Waals surface area contributed by atoms with Gasteiger partial charge in [0.05, 0.1) is 11.7 Å². The van der Waals surface area contributed by atoms with Gasteiger partial charge in [-0.1, -0.05) is 29.8 Å². The van der Waals surface area contributed by atoms with Crippen LogP contribution in [0.15, 0.2) is 29.3 Å². The monoisotopic (exact) mass is 177 g/mol. The Morgan fingerprint density at radius 2 is 2.33 bits per heavy atom. The first kappa shape index (κ1) is 9.11. The van der Waals surface area contributed by atoms with E-state index < -0.39 is 0 Å². The lowest BCUT2D eigenvalue weighted by Crippen LogP contribution is -1.88. The van der Waals surface area contributed by atoms with Crippen LogP contribution in [-0.2, 0) is 6.42 Å². The second kappa shape index (κ2) is 4.81. The maximum atomic E-state index is 4.48. The summed E-state index contributed by atoms with van der Waals surface area (Å²) < 4.78 is 0. The van der Waals surface area contributed by atoms with Gasteiger partial charge >= 0.3 is 0 Å². The van der Waals surface area contributed by atoms with Gasteiger partial charge in [-0.25, -0.2) is 4.99 Å². The molecule has 0 unspecified atom stereocenters. The van der Waals surface area contributed by atoms with Gasteiger partial charge in [0.25, 0.3) is 0 Å². The molecule has 0 amide bonds. The number of thiocarbonyl (C=S) groups is 1. The average molecular weight is 177 g/mol. The van der Waals surface area contributed by atoms with Gasteiger partial charge in [0.15, 0.2) is 0 Å². The van der Waals surface area contributed by atoms with Crippen LogP contribution in [-0.4, -0.2) is 11.7 Å². The molecule has 0 aromatic heterocycles. The van der Waals surface area contributed by atoms with Crippen molar-refractivity contribution in [3.8, 4) is 0 Å². The van der Waals surface area contributed by atoms with Crippen LogP contribution >= 0.6 is 12.2 Å². The molecular weight excluding hydrogens is 166 g/mol. The van der Waals surface area contributed by atoms with Crippen LogP contribution in [0.25, 0.3) is 0 Å². The Kier molecular flexibility index (Phi) is 3.65. The maximum Gasteiger partial charge on any atom is 0.0585 e. The standard InChI is InChI=1S/C10H11NS/c1-9-3-2-4-10(7-9)5-6-11-8-12/h2-4,7H,5-6H2,1H3. The summed E-state index contributed by atoms with van der Waals surface area (Å²) in [6, 6.07) is 8.42. The minimum atomic E-state index is 0.743. The molecule has 1 nitrogen and oxygen atoms in total. The van der Waals surface area contributed by atoms with Crippen LogP contribution in [0.5, 0.6) is 0 Å². The molecule has 0 spiro atoms. The van der Waals surface area contributed by atoms with Crippen molar-refractivity contribution in [2.45, 2.75) is 13.3 Å². The zero-order chi connectivity index (χ0) is 8.81. The summed E-state index contributed by atoms with van der Waals surface area (Å²) in [7, 11) is 0. The quantitative estimate of drug-likeness (QED) is 0.510. The van der Waals surface area contributed by atoms with Crippen LogP contribution in [0.3, 0.4) is 0 Å². The van der Waals surface area contributed by atoms with E-state index in [1.165, 1.54) is 11.1 Å². The molecule has 0 radical (unpaired) electrons. The molecule has 0 fully saturated rings. The van der Waals surface area contributed by atoms with E-state index in [9.17, 15) is 0 Å². The lowest BCUT2D eigenvalue weighted by Gasteiger charge is -1.98. The van der Waals surface area contributed by atoms with Crippen LogP contribution in [0, 0.1) is 6.92 Å². The Morgan fingerprint density at radius 1 is 1.50 bits per heavy atom. The first-order valence-electron chi connectivity index (χ1n) is 3.92. The molecule has 0 saturated carbocycles. The van der Waals surface area contributed by atoms with Crippen molar-refractivity contribution < 1.29 is 0 Å². The Bertz CT molecular complexity index is 300. The van der Waals surface area contributed by atoms with Crippen molar-refractivity contribution in [2.24, 2.45) is 4.99 Å². The number of hydrogen-bond donors (Lipinski definition) is 0. The normalized spacial score (nSPS) is 9.08. The van der Waals surface area contributed by atoms with Gasteiger partial charge in [-0.2, -0.15) is 0 Å². The van der Waals surface area contributed by atoms with E-state index in [-0.39, 0.29) is 0 Å². The lowest BCUT2D eigenvalue weighted by atomic mass is 10.1. The lowest BCUT2D eigenvalue weighted by molar-refractivity contribution is 0.974. The fraction of sp³-hybridized carbons (Fsp3) is 0.300. The second-order valence-corrected chi connectivity index (χ2v) is 2.89. The summed E-state index contributed by atoms with van der Waals surface area (Å²) in [5.41, 5.74) is 2.60. The summed E-state index contributed by atoms with van der Waals surface area (Å²) >= 11 is 4.48. The number of isothiocyanates is 1. The van der Waals surface area contributed by atoms with E-state index >= 15 is 0 Å². The van der Waals surface area contributed by atoms with E-state index in [2.05, 4.69) is 53.6 Å². The van der Waals surface area contributed by atoms with Crippen LogP contribution in [0.4, 0.5) is 0 Å². The zero-order valence-electron chi connectivity index (χ0n) is 7.08. The first-order valence-corrected chi connectivity index (χ1v) is 4.33. The van der Waals surface area contributed by atoms with Crippen molar-refractivity contribution in [2.75, 3.05) is 6.54 Å². The van der Waals surface area contributed by atoms with Gasteiger partial charge in [0.1, 0.15) is 0 Å². The van der Waals surface area contributed by atoms with Gasteiger partial charge < -0.3 is 0 Å². The molecule has 0 N–H and O–H groups in total. The number of rotatable bonds is 3. The van der Waals surface area contributed by atoms with E-state index in [0.717, 1.165) is 13.0 Å². The molecule has 0 aliphatic heterocycles. The third kappa shape index (κ3) is 2.95. The number of aliphatic imine (C=N–C) groups is 1. The highest BCUT2D eigenvalue weighted by atomic mass is 32.1. The topological polar surface area (TPSA) is 12.4 Å². The van der Waals surface area contributed by atoms with E-state index in [1.807, 2.05) is 0 Å². The van der Waals surface area contributed by atoms with E-state index in [1.54, 1.807) is 0 Å². The summed E-state index contributed by atoms with van der Waals surface area (Å²) in [4.78, 5) is 3.86. The predicted molar refractivity (Wildman–Crippen MR) is 54.8 cm³/mol. The van der Waals surface area contributed by atoms with E-state index in [0.29, 0.717) is 0 Å². The molecule has 0 saturated heterocycles. The summed E-state index contributed by atoms with van der Waals surface area (Å²) in [5, 5.41) is 2.36. The van der Waals surface area contributed by atoms with Crippen LogP contribution < -0.4 is 0 Å². The van der Waals surface area contributed by atoms with Crippen molar-refractivity contribution in [3.63, 3.8) is 0 Å². The molecule has 0 aliphatic rings. The highest BCUT2D eigenvalue weighted by molar-refractivity contribution is 7.78. The van der Waals surface area contributed by atoms with Gasteiger partial charge in [-0.3, -0.25) is 0 Å². The third-order valence-corrected chi connectivity index (χ3v) is 1.79. The molecule has 12 heavy (non-hydrogen) atoms. The smallest absolute Gasteiger partial charge is 0.0585 e. The van der Waals surface area contributed by atoms with Crippen molar-refractivity contribution in [1.82, 2.24) is 0 Å². The van der Waals surface area contributed by atoms with Gasteiger partial charge in [0.2, 0.25) is 0 Å².